The van der Waals surface area contributed by atoms with Gasteiger partial charge in [0.15, 0.2) is 0 Å². The number of carbonyl (C=O) groups excluding carboxylic acids is 2. The molecule has 240 valence electrons. The minimum atomic E-state index is -5.01. The summed E-state index contributed by atoms with van der Waals surface area (Å²) in [5.41, 5.74) is -2.99. The van der Waals surface area contributed by atoms with Crippen LogP contribution in [-0.2, 0) is 38.8 Å². The third-order valence-electron chi connectivity index (χ3n) is 8.50. The monoisotopic (exact) mass is 634 g/mol. The van der Waals surface area contributed by atoms with Crippen LogP contribution in [0.1, 0.15) is 66.5 Å². The molecule has 0 aromatic heterocycles. The lowest BCUT2D eigenvalue weighted by Gasteiger charge is -2.54. The molecule has 3 aromatic carbocycles. The van der Waals surface area contributed by atoms with Crippen LogP contribution in [-0.4, -0.2) is 35.6 Å². The molecule has 0 saturated carbocycles. The number of halogens is 6. The first-order valence-corrected chi connectivity index (χ1v) is 14.5. The standard InChI is InChI=1S/C33H32F6N2O4/c1-21(23-16-25(32(34,35)36)18-26(17-23)33(37,38)39)45-20-31(24-10-6-3-7-11-24)15-14-27-28(12-13-29(42)40-27)41(31)30(43)44-19-22-8-4-2-5-9-22/h2-11,16-18,21,27-28H,12-15,19-20H2,1H3,(H,40,42)/t21-,27+,28-,31?/m1/s1. The van der Waals surface area contributed by atoms with Crippen molar-refractivity contribution in [1.29, 1.82) is 0 Å². The first-order valence-electron chi connectivity index (χ1n) is 14.5. The van der Waals surface area contributed by atoms with Gasteiger partial charge in [-0.25, -0.2) is 4.79 Å². The summed E-state index contributed by atoms with van der Waals surface area (Å²) in [6.07, 6.45) is -10.7. The van der Waals surface area contributed by atoms with Crippen LogP contribution in [0.4, 0.5) is 31.1 Å². The van der Waals surface area contributed by atoms with E-state index in [0.29, 0.717) is 30.5 Å². The summed E-state index contributed by atoms with van der Waals surface area (Å²) in [5, 5.41) is 2.96. The van der Waals surface area contributed by atoms with E-state index in [0.717, 1.165) is 5.56 Å². The molecule has 0 spiro atoms. The molecule has 1 N–H and O–H groups in total. The maximum absolute atomic E-state index is 14.0. The summed E-state index contributed by atoms with van der Waals surface area (Å²) in [5.74, 6) is -0.143. The average molecular weight is 635 g/mol. The van der Waals surface area contributed by atoms with Crippen LogP contribution >= 0.6 is 0 Å². The van der Waals surface area contributed by atoms with Crippen molar-refractivity contribution in [3.05, 3.63) is 107 Å². The Hall–Kier alpha value is -4.06. The highest BCUT2D eigenvalue weighted by atomic mass is 19.4. The molecule has 2 fully saturated rings. The Morgan fingerprint density at radius 3 is 2.13 bits per heavy atom. The molecule has 2 saturated heterocycles. The normalized spacial score (nSPS) is 22.7. The molecule has 0 aliphatic carbocycles. The number of amides is 2. The first-order chi connectivity index (χ1) is 21.3. The van der Waals surface area contributed by atoms with Crippen LogP contribution in [0, 0.1) is 0 Å². The number of ether oxygens (including phenoxy) is 2. The van der Waals surface area contributed by atoms with Crippen LogP contribution in [0.25, 0.3) is 0 Å². The quantitative estimate of drug-likeness (QED) is 0.270. The zero-order valence-electron chi connectivity index (χ0n) is 24.3. The summed E-state index contributed by atoms with van der Waals surface area (Å²) in [4.78, 5) is 27.8. The second-order valence-corrected chi connectivity index (χ2v) is 11.4. The highest BCUT2D eigenvalue weighted by Gasteiger charge is 2.53. The zero-order chi connectivity index (χ0) is 32.4. The van der Waals surface area contributed by atoms with Crippen LogP contribution in [0.2, 0.25) is 0 Å². The van der Waals surface area contributed by atoms with Gasteiger partial charge in [-0.3, -0.25) is 9.69 Å². The maximum Gasteiger partial charge on any atom is 0.416 e. The summed E-state index contributed by atoms with van der Waals surface area (Å²) in [6.45, 7) is 1.08. The third kappa shape index (κ3) is 7.11. The Morgan fingerprint density at radius 2 is 1.53 bits per heavy atom. The van der Waals surface area contributed by atoms with Crippen LogP contribution in [0.3, 0.4) is 0 Å². The molecule has 1 unspecified atom stereocenters. The van der Waals surface area contributed by atoms with Crippen molar-refractivity contribution in [2.75, 3.05) is 6.61 Å². The predicted octanol–water partition coefficient (Wildman–Crippen LogP) is 7.78. The summed E-state index contributed by atoms with van der Waals surface area (Å²) in [6, 6.07) is 18.4. The van der Waals surface area contributed by atoms with Crippen molar-refractivity contribution in [2.45, 2.75) is 75.3 Å². The van der Waals surface area contributed by atoms with Crippen molar-refractivity contribution in [3.8, 4) is 0 Å². The van der Waals surface area contributed by atoms with Gasteiger partial charge in [0.1, 0.15) is 6.61 Å². The molecule has 2 heterocycles. The van der Waals surface area contributed by atoms with E-state index in [-0.39, 0.29) is 49.6 Å². The van der Waals surface area contributed by atoms with Crippen molar-refractivity contribution >= 4 is 12.0 Å². The minimum absolute atomic E-state index is 0.0352. The highest BCUT2D eigenvalue weighted by molar-refractivity contribution is 5.78. The third-order valence-corrected chi connectivity index (χ3v) is 8.50. The number of fused-ring (bicyclic) bond motifs is 1. The molecule has 0 bridgehead atoms. The molecular formula is C33H32F6N2O4. The minimum Gasteiger partial charge on any atom is -0.445 e. The van der Waals surface area contributed by atoms with Gasteiger partial charge in [-0.2, -0.15) is 26.3 Å². The van der Waals surface area contributed by atoms with Crippen LogP contribution in [0.15, 0.2) is 78.9 Å². The Balaban J connectivity index is 1.51. The molecule has 5 rings (SSSR count). The molecule has 3 aromatic rings. The SMILES string of the molecule is C[C@@H](OCC1(c2ccccc2)CC[C@@H]2NC(=O)CC[C@H]2N1C(=O)OCc1ccccc1)c1cc(C(F)(F)F)cc(C(F)(F)F)c1. The molecule has 45 heavy (non-hydrogen) atoms. The fourth-order valence-electron chi connectivity index (χ4n) is 6.19. The zero-order valence-corrected chi connectivity index (χ0v) is 24.3. The molecule has 2 aliphatic rings. The summed E-state index contributed by atoms with van der Waals surface area (Å²) < 4.78 is 93.4. The first kappa shape index (κ1) is 32.3. The van der Waals surface area contributed by atoms with Gasteiger partial charge in [0, 0.05) is 12.5 Å². The van der Waals surface area contributed by atoms with E-state index in [9.17, 15) is 35.9 Å². The number of nitrogens with one attached hydrogen (secondary N) is 1. The van der Waals surface area contributed by atoms with Gasteiger partial charge in [-0.05, 0) is 61.1 Å². The van der Waals surface area contributed by atoms with E-state index in [1.54, 1.807) is 59.5 Å². The number of hydrogen-bond acceptors (Lipinski definition) is 4. The van der Waals surface area contributed by atoms with Crippen LogP contribution < -0.4 is 5.32 Å². The number of nitrogens with zero attached hydrogens (tertiary/aromatic N) is 1. The number of hydrogen-bond donors (Lipinski definition) is 1. The number of likely N-dealkylation sites (tertiary alicyclic amines) is 1. The smallest absolute Gasteiger partial charge is 0.416 e. The van der Waals surface area contributed by atoms with E-state index in [1.807, 2.05) is 6.07 Å². The number of rotatable bonds is 7. The van der Waals surface area contributed by atoms with E-state index in [4.69, 9.17) is 9.47 Å². The molecule has 2 amide bonds. The Morgan fingerprint density at radius 1 is 0.933 bits per heavy atom. The van der Waals surface area contributed by atoms with Gasteiger partial charge in [-0.1, -0.05) is 60.7 Å². The molecular weight excluding hydrogens is 602 g/mol. The fraction of sp³-hybridized carbons (Fsp3) is 0.394. The Bertz CT molecular complexity index is 1470. The lowest BCUT2D eigenvalue weighted by atomic mass is 9.75. The van der Waals surface area contributed by atoms with Gasteiger partial charge < -0.3 is 14.8 Å². The van der Waals surface area contributed by atoms with Gasteiger partial charge in [0.25, 0.3) is 0 Å². The van der Waals surface area contributed by atoms with E-state index >= 15 is 0 Å². The van der Waals surface area contributed by atoms with Gasteiger partial charge in [0.2, 0.25) is 5.91 Å². The van der Waals surface area contributed by atoms with Crippen molar-refractivity contribution < 1.29 is 45.4 Å². The predicted molar refractivity (Wildman–Crippen MR) is 152 cm³/mol. The number of carbonyl (C=O) groups is 2. The number of benzene rings is 3. The molecule has 4 atom stereocenters. The van der Waals surface area contributed by atoms with Crippen LogP contribution in [0.5, 0.6) is 0 Å². The lowest BCUT2D eigenvalue weighted by molar-refractivity contribution is -0.143. The van der Waals surface area contributed by atoms with E-state index < -0.39 is 47.3 Å². The fourth-order valence-corrected chi connectivity index (χ4v) is 6.19. The second kappa shape index (κ2) is 12.7. The Labute approximate surface area is 256 Å². The molecule has 2 aliphatic heterocycles. The molecule has 12 heteroatoms. The van der Waals surface area contributed by atoms with Gasteiger partial charge in [-0.15, -0.1) is 0 Å². The Kier molecular flexibility index (Phi) is 9.16. The highest BCUT2D eigenvalue weighted by Crippen LogP contribution is 2.45. The lowest BCUT2D eigenvalue weighted by Crippen LogP contribution is -2.68. The molecule has 0 radical (unpaired) electrons. The van der Waals surface area contributed by atoms with Crippen molar-refractivity contribution in [1.82, 2.24) is 10.2 Å². The van der Waals surface area contributed by atoms with E-state index in [1.165, 1.54) is 6.92 Å². The second-order valence-electron chi connectivity index (χ2n) is 11.4. The largest absolute Gasteiger partial charge is 0.445 e. The van der Waals surface area contributed by atoms with Gasteiger partial charge in [0.05, 0.1) is 35.4 Å². The number of alkyl halides is 6. The van der Waals surface area contributed by atoms with Crippen molar-refractivity contribution in [3.63, 3.8) is 0 Å². The number of piperidine rings is 2. The molecule has 6 nitrogen and oxygen atoms in total. The average Bonchev–Trinajstić information content (AvgIpc) is 3.02. The van der Waals surface area contributed by atoms with Gasteiger partial charge >= 0.3 is 18.4 Å². The topological polar surface area (TPSA) is 67.9 Å². The summed E-state index contributed by atoms with van der Waals surface area (Å²) >= 11 is 0. The maximum atomic E-state index is 14.0. The summed E-state index contributed by atoms with van der Waals surface area (Å²) in [7, 11) is 0. The van der Waals surface area contributed by atoms with Crippen molar-refractivity contribution in [2.24, 2.45) is 0 Å². The van der Waals surface area contributed by atoms with E-state index in [2.05, 4.69) is 5.32 Å².